The minimum absolute atomic E-state index is 0.0317. The van der Waals surface area contributed by atoms with Crippen LogP contribution in [-0.4, -0.2) is 37.3 Å². The lowest BCUT2D eigenvalue weighted by molar-refractivity contribution is 0.0731. The molecular weight excluding hydrogens is 372 g/mol. The molecule has 1 unspecified atom stereocenters. The number of rotatable bonds is 4. The van der Waals surface area contributed by atoms with Gasteiger partial charge in [-0.05, 0) is 45.7 Å². The summed E-state index contributed by atoms with van der Waals surface area (Å²) < 4.78 is 0. The first-order valence-electron chi connectivity index (χ1n) is 9.28. The molecule has 144 valence electrons. The summed E-state index contributed by atoms with van der Waals surface area (Å²) in [6.07, 6.45) is 3.48. The number of nitrogens with zero attached hydrogens (tertiary/aromatic N) is 5. The molecule has 0 spiro atoms. The number of carbonyl (C=O) groups excluding carboxylic acids is 1. The van der Waals surface area contributed by atoms with Crippen LogP contribution in [0.1, 0.15) is 52.1 Å². The molecule has 3 aromatic rings. The summed E-state index contributed by atoms with van der Waals surface area (Å²) in [7, 11) is 0. The van der Waals surface area contributed by atoms with Gasteiger partial charge in [-0.2, -0.15) is 0 Å². The number of hydrogen-bond acceptors (Lipinski definition) is 7. The van der Waals surface area contributed by atoms with Crippen molar-refractivity contribution < 1.29 is 4.79 Å². The summed E-state index contributed by atoms with van der Waals surface area (Å²) in [6, 6.07) is 5.81. The zero-order chi connectivity index (χ0) is 19.7. The maximum absolute atomic E-state index is 13.1. The van der Waals surface area contributed by atoms with Gasteiger partial charge in [0.15, 0.2) is 5.13 Å². The van der Waals surface area contributed by atoms with Crippen molar-refractivity contribution >= 4 is 28.2 Å². The van der Waals surface area contributed by atoms with Gasteiger partial charge < -0.3 is 10.2 Å². The normalized spacial score (nSPS) is 16.4. The highest BCUT2D eigenvalue weighted by Gasteiger charge is 2.32. The van der Waals surface area contributed by atoms with Gasteiger partial charge in [0.25, 0.3) is 5.91 Å². The highest BCUT2D eigenvalue weighted by molar-refractivity contribution is 7.13. The minimum atomic E-state index is -0.0482. The number of likely N-dealkylation sites (tertiary alicyclic amines) is 1. The van der Waals surface area contributed by atoms with Crippen LogP contribution in [-0.2, 0) is 0 Å². The first kappa shape index (κ1) is 18.5. The second-order valence-electron chi connectivity index (χ2n) is 6.94. The Balaban J connectivity index is 1.58. The number of nitrogens with one attached hydrogen (secondary N) is 1. The molecule has 0 bridgehead atoms. The van der Waals surface area contributed by atoms with Crippen LogP contribution in [0.3, 0.4) is 0 Å². The van der Waals surface area contributed by atoms with Gasteiger partial charge in [0, 0.05) is 18.1 Å². The van der Waals surface area contributed by atoms with E-state index in [1.54, 1.807) is 17.5 Å². The number of thiazole rings is 1. The molecule has 0 saturated carbocycles. The van der Waals surface area contributed by atoms with E-state index in [1.807, 2.05) is 49.3 Å². The number of amides is 1. The largest absolute Gasteiger partial charge is 0.330 e. The Morgan fingerprint density at radius 2 is 2.07 bits per heavy atom. The summed E-state index contributed by atoms with van der Waals surface area (Å²) in [6.45, 7) is 6.35. The summed E-state index contributed by atoms with van der Waals surface area (Å²) in [4.78, 5) is 32.7. The summed E-state index contributed by atoms with van der Waals surface area (Å²) in [5.74, 6) is 1.38. The Morgan fingerprint density at radius 3 is 2.82 bits per heavy atom. The van der Waals surface area contributed by atoms with E-state index in [0.29, 0.717) is 23.6 Å². The molecule has 28 heavy (non-hydrogen) atoms. The highest BCUT2D eigenvalue weighted by Crippen LogP contribution is 2.33. The van der Waals surface area contributed by atoms with Gasteiger partial charge in [-0.15, -0.1) is 11.3 Å². The first-order chi connectivity index (χ1) is 13.5. The molecule has 8 heteroatoms. The van der Waals surface area contributed by atoms with Crippen LogP contribution >= 0.6 is 11.3 Å². The number of anilines is 2. The highest BCUT2D eigenvalue weighted by atomic mass is 32.1. The molecule has 1 N–H and O–H groups in total. The van der Waals surface area contributed by atoms with Crippen LogP contribution in [0.25, 0.3) is 0 Å². The van der Waals surface area contributed by atoms with E-state index < -0.39 is 0 Å². The third kappa shape index (κ3) is 3.73. The molecule has 1 aliphatic heterocycles. The summed E-state index contributed by atoms with van der Waals surface area (Å²) in [5, 5.41) is 6.06. The number of carbonyl (C=O) groups is 1. The fraction of sp³-hybridized carbons (Fsp3) is 0.350. The molecular formula is C20H22N6OS. The molecule has 1 aliphatic rings. The first-order valence-corrected chi connectivity index (χ1v) is 10.2. The molecule has 1 fully saturated rings. The molecule has 1 atom stereocenters. The Bertz CT molecular complexity index is 1020. The summed E-state index contributed by atoms with van der Waals surface area (Å²) in [5.41, 5.74) is 3.14. The quantitative estimate of drug-likeness (QED) is 0.721. The van der Waals surface area contributed by atoms with Gasteiger partial charge in [-0.1, -0.05) is 6.07 Å². The van der Waals surface area contributed by atoms with Crippen molar-refractivity contribution in [1.29, 1.82) is 0 Å². The fourth-order valence-electron chi connectivity index (χ4n) is 3.49. The molecule has 4 heterocycles. The van der Waals surface area contributed by atoms with Gasteiger partial charge >= 0.3 is 0 Å². The van der Waals surface area contributed by atoms with Crippen LogP contribution in [0.15, 0.2) is 29.8 Å². The van der Waals surface area contributed by atoms with Crippen LogP contribution < -0.4 is 5.32 Å². The van der Waals surface area contributed by atoms with E-state index >= 15 is 0 Å². The Hall–Kier alpha value is -2.87. The molecule has 7 nitrogen and oxygen atoms in total. The molecule has 3 aromatic heterocycles. The van der Waals surface area contributed by atoms with Crippen LogP contribution in [0.5, 0.6) is 0 Å². The maximum atomic E-state index is 13.1. The summed E-state index contributed by atoms with van der Waals surface area (Å²) >= 11 is 1.55. The van der Waals surface area contributed by atoms with Crippen molar-refractivity contribution in [2.24, 2.45) is 0 Å². The average molecular weight is 395 g/mol. The van der Waals surface area contributed by atoms with Gasteiger partial charge in [0.1, 0.15) is 11.6 Å². The van der Waals surface area contributed by atoms with Crippen molar-refractivity contribution in [3.05, 3.63) is 58.2 Å². The minimum Gasteiger partial charge on any atom is -0.330 e. The third-order valence-electron chi connectivity index (χ3n) is 4.81. The van der Waals surface area contributed by atoms with Crippen molar-refractivity contribution in [2.45, 2.75) is 39.7 Å². The van der Waals surface area contributed by atoms with Gasteiger partial charge in [-0.3, -0.25) is 4.79 Å². The second kappa shape index (κ2) is 7.63. The number of aromatic nitrogens is 4. The van der Waals surface area contributed by atoms with Crippen molar-refractivity contribution in [1.82, 2.24) is 24.8 Å². The predicted molar refractivity (Wildman–Crippen MR) is 109 cm³/mol. The van der Waals surface area contributed by atoms with Crippen LogP contribution in [0.4, 0.5) is 10.9 Å². The van der Waals surface area contributed by atoms with E-state index in [-0.39, 0.29) is 11.9 Å². The molecule has 0 radical (unpaired) electrons. The number of pyridine rings is 1. The molecule has 1 amide bonds. The second-order valence-corrected chi connectivity index (χ2v) is 7.80. The van der Waals surface area contributed by atoms with E-state index in [1.165, 1.54) is 0 Å². The molecule has 1 saturated heterocycles. The van der Waals surface area contributed by atoms with Crippen molar-refractivity contribution in [2.75, 3.05) is 11.9 Å². The standard InChI is InChI=1S/C20H22N6OS/c1-12-11-28-20(22-12)25-18-8-4-6-16(24-18)17-7-5-9-26(17)19(27)15-10-21-14(3)23-13(15)2/h4,6,8,10-11,17H,5,7,9H2,1-3H3,(H,22,24,25). The predicted octanol–water partition coefficient (Wildman–Crippen LogP) is 3.97. The Morgan fingerprint density at radius 1 is 1.21 bits per heavy atom. The topological polar surface area (TPSA) is 83.9 Å². The van der Waals surface area contributed by atoms with E-state index in [4.69, 9.17) is 4.98 Å². The molecule has 4 rings (SSSR count). The Labute approximate surface area is 167 Å². The molecule has 0 aromatic carbocycles. The average Bonchev–Trinajstić information content (AvgIpc) is 3.30. The van der Waals surface area contributed by atoms with Crippen LogP contribution in [0.2, 0.25) is 0 Å². The number of aryl methyl sites for hydroxylation is 3. The Kier molecular flexibility index (Phi) is 5.04. The van der Waals surface area contributed by atoms with E-state index in [9.17, 15) is 4.79 Å². The van der Waals surface area contributed by atoms with Gasteiger partial charge in [0.2, 0.25) is 0 Å². The van der Waals surface area contributed by atoms with Gasteiger partial charge in [-0.25, -0.2) is 19.9 Å². The lowest BCUT2D eigenvalue weighted by Gasteiger charge is -2.25. The smallest absolute Gasteiger partial charge is 0.257 e. The van der Waals surface area contributed by atoms with Crippen molar-refractivity contribution in [3.8, 4) is 0 Å². The van der Waals surface area contributed by atoms with E-state index in [2.05, 4.69) is 20.3 Å². The monoisotopic (exact) mass is 394 g/mol. The lowest BCUT2D eigenvalue weighted by atomic mass is 10.1. The fourth-order valence-corrected chi connectivity index (χ4v) is 4.19. The lowest BCUT2D eigenvalue weighted by Crippen LogP contribution is -2.32. The zero-order valence-electron chi connectivity index (χ0n) is 16.1. The van der Waals surface area contributed by atoms with Crippen molar-refractivity contribution in [3.63, 3.8) is 0 Å². The maximum Gasteiger partial charge on any atom is 0.257 e. The molecule has 0 aliphatic carbocycles. The van der Waals surface area contributed by atoms with Crippen LogP contribution in [0, 0.1) is 20.8 Å². The third-order valence-corrected chi connectivity index (χ3v) is 5.69. The number of hydrogen-bond donors (Lipinski definition) is 1. The van der Waals surface area contributed by atoms with E-state index in [0.717, 1.165) is 35.2 Å². The zero-order valence-corrected chi connectivity index (χ0v) is 17.0. The SMILES string of the molecule is Cc1csc(Nc2cccc(C3CCCN3C(=O)c3cnc(C)nc3C)n2)n1. The van der Waals surface area contributed by atoms with Gasteiger partial charge in [0.05, 0.1) is 28.7 Å².